The van der Waals surface area contributed by atoms with E-state index in [1.165, 1.54) is 6.08 Å². The zero-order valence-electron chi connectivity index (χ0n) is 12.9. The van der Waals surface area contributed by atoms with E-state index in [9.17, 15) is 14.4 Å². The SMILES string of the molecule is CCOC(=O)[C@@H](C)C1=CC[C@@]2(C)C=CC(=O)C(C)=C2C1=O. The molecule has 0 aromatic carbocycles. The molecule has 0 N–H and O–H groups in total. The number of allylic oxidation sites excluding steroid dienone is 5. The summed E-state index contributed by atoms with van der Waals surface area (Å²) in [6.45, 7) is 7.30. The highest BCUT2D eigenvalue weighted by Crippen LogP contribution is 2.44. The Kier molecular flexibility index (Phi) is 3.99. The van der Waals surface area contributed by atoms with Crippen molar-refractivity contribution in [3.63, 3.8) is 0 Å². The van der Waals surface area contributed by atoms with Gasteiger partial charge in [0.05, 0.1) is 12.5 Å². The molecular formula is C17H20O4. The first kappa shape index (κ1) is 15.4. The summed E-state index contributed by atoms with van der Waals surface area (Å²) in [6.07, 6.45) is 5.73. The van der Waals surface area contributed by atoms with E-state index in [-0.39, 0.29) is 18.2 Å². The van der Waals surface area contributed by atoms with Crippen LogP contribution >= 0.6 is 0 Å². The lowest BCUT2D eigenvalue weighted by Crippen LogP contribution is -2.35. The van der Waals surface area contributed by atoms with Crippen molar-refractivity contribution >= 4 is 17.5 Å². The summed E-state index contributed by atoms with van der Waals surface area (Å²) in [5, 5.41) is 0. The van der Waals surface area contributed by atoms with Crippen LogP contribution < -0.4 is 0 Å². The molecule has 2 atom stereocenters. The number of hydrogen-bond acceptors (Lipinski definition) is 4. The summed E-state index contributed by atoms with van der Waals surface area (Å²) in [5.74, 6) is -1.36. The van der Waals surface area contributed by atoms with Crippen molar-refractivity contribution in [2.45, 2.75) is 34.1 Å². The Labute approximate surface area is 124 Å². The van der Waals surface area contributed by atoms with Crippen molar-refractivity contribution in [1.29, 1.82) is 0 Å². The minimum absolute atomic E-state index is 0.138. The van der Waals surface area contributed by atoms with Crippen LogP contribution in [0.2, 0.25) is 0 Å². The van der Waals surface area contributed by atoms with Crippen molar-refractivity contribution in [2.75, 3.05) is 6.61 Å². The van der Waals surface area contributed by atoms with Gasteiger partial charge < -0.3 is 4.74 Å². The van der Waals surface area contributed by atoms with E-state index in [0.717, 1.165) is 0 Å². The summed E-state index contributed by atoms with van der Waals surface area (Å²) in [6, 6.07) is 0. The lowest BCUT2D eigenvalue weighted by atomic mass is 9.66. The molecule has 0 amide bonds. The second kappa shape index (κ2) is 5.43. The molecule has 2 aliphatic rings. The number of rotatable bonds is 3. The highest BCUT2D eigenvalue weighted by molar-refractivity contribution is 6.19. The molecular weight excluding hydrogens is 268 g/mol. The first-order valence-corrected chi connectivity index (χ1v) is 7.18. The molecule has 0 aromatic rings. The Bertz CT molecular complexity index is 606. The number of carbonyl (C=O) groups is 3. The van der Waals surface area contributed by atoms with E-state index in [1.54, 1.807) is 32.9 Å². The average molecular weight is 288 g/mol. The first-order valence-electron chi connectivity index (χ1n) is 7.18. The third kappa shape index (κ3) is 2.50. The quantitative estimate of drug-likeness (QED) is 0.749. The number of ketones is 2. The van der Waals surface area contributed by atoms with Gasteiger partial charge in [0.2, 0.25) is 0 Å². The number of hydrogen-bond donors (Lipinski definition) is 0. The molecule has 0 saturated carbocycles. The van der Waals surface area contributed by atoms with Gasteiger partial charge in [-0.25, -0.2) is 0 Å². The molecule has 2 aliphatic carbocycles. The lowest BCUT2D eigenvalue weighted by Gasteiger charge is -2.36. The van der Waals surface area contributed by atoms with Gasteiger partial charge in [-0.2, -0.15) is 0 Å². The van der Waals surface area contributed by atoms with E-state index in [4.69, 9.17) is 4.74 Å². The molecule has 0 aromatic heterocycles. The van der Waals surface area contributed by atoms with E-state index in [2.05, 4.69) is 0 Å². The Morgan fingerprint density at radius 3 is 2.71 bits per heavy atom. The molecule has 21 heavy (non-hydrogen) atoms. The Morgan fingerprint density at radius 1 is 1.43 bits per heavy atom. The molecule has 0 radical (unpaired) electrons. The monoisotopic (exact) mass is 288 g/mol. The second-order valence-corrected chi connectivity index (χ2v) is 5.78. The van der Waals surface area contributed by atoms with Crippen molar-refractivity contribution < 1.29 is 19.1 Å². The summed E-state index contributed by atoms with van der Waals surface area (Å²) < 4.78 is 4.99. The highest BCUT2D eigenvalue weighted by Gasteiger charge is 2.42. The number of esters is 1. The van der Waals surface area contributed by atoms with Gasteiger partial charge in [-0.3, -0.25) is 14.4 Å². The van der Waals surface area contributed by atoms with Gasteiger partial charge in [-0.1, -0.05) is 19.1 Å². The van der Waals surface area contributed by atoms with E-state index < -0.39 is 17.3 Å². The molecule has 0 bridgehead atoms. The molecule has 4 heteroatoms. The maximum Gasteiger partial charge on any atom is 0.313 e. The standard InChI is InChI=1S/C17H20O4/c1-5-21-16(20)10(2)12-6-8-17(4)9-7-13(18)11(3)14(17)15(12)19/h6-7,9-10H,5,8H2,1-4H3/t10-,17-/m0/s1. The molecule has 0 fully saturated rings. The number of fused-ring (bicyclic) bond motifs is 1. The topological polar surface area (TPSA) is 60.4 Å². The third-order valence-corrected chi connectivity index (χ3v) is 4.26. The van der Waals surface area contributed by atoms with Crippen LogP contribution in [0, 0.1) is 11.3 Å². The molecule has 0 heterocycles. The minimum Gasteiger partial charge on any atom is -0.466 e. The average Bonchev–Trinajstić information content (AvgIpc) is 2.43. The first-order chi connectivity index (χ1) is 9.81. The molecule has 0 saturated heterocycles. The van der Waals surface area contributed by atoms with Crippen LogP contribution in [0.5, 0.6) is 0 Å². The number of ether oxygens (including phenoxy) is 1. The molecule has 112 valence electrons. The van der Waals surface area contributed by atoms with Crippen LogP contribution in [0.15, 0.2) is 34.9 Å². The van der Waals surface area contributed by atoms with Crippen LogP contribution in [0.3, 0.4) is 0 Å². The van der Waals surface area contributed by atoms with Crippen molar-refractivity contribution in [1.82, 2.24) is 0 Å². The smallest absolute Gasteiger partial charge is 0.313 e. The van der Waals surface area contributed by atoms with E-state index in [0.29, 0.717) is 23.1 Å². The Hall–Kier alpha value is -1.97. The van der Waals surface area contributed by atoms with Gasteiger partial charge in [0.1, 0.15) is 0 Å². The van der Waals surface area contributed by atoms with Crippen LogP contribution in [-0.4, -0.2) is 24.1 Å². The van der Waals surface area contributed by atoms with Crippen LogP contribution in [-0.2, 0) is 19.1 Å². The zero-order chi connectivity index (χ0) is 15.8. The molecule has 2 rings (SSSR count). The van der Waals surface area contributed by atoms with Gasteiger partial charge in [0.25, 0.3) is 0 Å². The predicted octanol–water partition coefficient (Wildman–Crippen LogP) is 2.55. The van der Waals surface area contributed by atoms with Crippen molar-refractivity contribution in [2.24, 2.45) is 11.3 Å². The Balaban J connectivity index is 2.42. The predicted molar refractivity (Wildman–Crippen MR) is 78.5 cm³/mol. The molecule has 0 spiro atoms. The van der Waals surface area contributed by atoms with Crippen molar-refractivity contribution in [3.05, 3.63) is 34.9 Å². The van der Waals surface area contributed by atoms with Crippen LogP contribution in [0.4, 0.5) is 0 Å². The lowest BCUT2D eigenvalue weighted by molar-refractivity contribution is -0.146. The van der Waals surface area contributed by atoms with Gasteiger partial charge in [0, 0.05) is 22.1 Å². The summed E-state index contributed by atoms with van der Waals surface area (Å²) in [5.41, 5.74) is 0.978. The highest BCUT2D eigenvalue weighted by atomic mass is 16.5. The normalized spacial score (nSPS) is 26.4. The Morgan fingerprint density at radius 2 is 2.10 bits per heavy atom. The summed E-state index contributed by atoms with van der Waals surface area (Å²) in [4.78, 5) is 36.5. The van der Waals surface area contributed by atoms with Crippen LogP contribution in [0.1, 0.15) is 34.1 Å². The number of carbonyl (C=O) groups excluding carboxylic acids is 3. The molecule has 0 unspecified atom stereocenters. The van der Waals surface area contributed by atoms with E-state index >= 15 is 0 Å². The fourth-order valence-corrected chi connectivity index (χ4v) is 2.95. The van der Waals surface area contributed by atoms with Gasteiger partial charge >= 0.3 is 5.97 Å². The third-order valence-electron chi connectivity index (χ3n) is 4.26. The molecule has 4 nitrogen and oxygen atoms in total. The fourth-order valence-electron chi connectivity index (χ4n) is 2.95. The zero-order valence-corrected chi connectivity index (χ0v) is 12.9. The van der Waals surface area contributed by atoms with Crippen LogP contribution in [0.25, 0.3) is 0 Å². The maximum atomic E-state index is 12.8. The maximum absolute atomic E-state index is 12.8. The van der Waals surface area contributed by atoms with Gasteiger partial charge in [-0.05, 0) is 33.3 Å². The molecule has 0 aliphatic heterocycles. The minimum atomic E-state index is -0.608. The summed E-state index contributed by atoms with van der Waals surface area (Å²) >= 11 is 0. The fraction of sp³-hybridized carbons (Fsp3) is 0.471. The second-order valence-electron chi connectivity index (χ2n) is 5.78. The summed E-state index contributed by atoms with van der Waals surface area (Å²) in [7, 11) is 0. The van der Waals surface area contributed by atoms with E-state index in [1.807, 2.05) is 6.92 Å². The van der Waals surface area contributed by atoms with Gasteiger partial charge in [0.15, 0.2) is 11.6 Å². The largest absolute Gasteiger partial charge is 0.466 e. The van der Waals surface area contributed by atoms with Gasteiger partial charge in [-0.15, -0.1) is 0 Å². The van der Waals surface area contributed by atoms with Crippen molar-refractivity contribution in [3.8, 4) is 0 Å². The number of Topliss-reactive ketones (excluding diaryl/α,β-unsaturated/α-hetero) is 1.